The summed E-state index contributed by atoms with van der Waals surface area (Å²) in [6.45, 7) is 5.44. The zero-order valence-corrected chi connectivity index (χ0v) is 22.4. The van der Waals surface area contributed by atoms with Gasteiger partial charge in [0.15, 0.2) is 0 Å². The molecule has 8 nitrogen and oxygen atoms in total. The monoisotopic (exact) mass is 525 g/mol. The van der Waals surface area contributed by atoms with Crippen LogP contribution in [0.25, 0.3) is 11.1 Å². The Kier molecular flexibility index (Phi) is 7.93. The number of nitrogens with one attached hydrogen (secondary N) is 2. The number of para-hydroxylation sites is 2. The lowest BCUT2D eigenvalue weighted by molar-refractivity contribution is -0.129. The van der Waals surface area contributed by atoms with Crippen LogP contribution in [0.3, 0.4) is 0 Å². The minimum atomic E-state index is -0.658. The van der Waals surface area contributed by atoms with E-state index in [2.05, 4.69) is 33.8 Å². The normalized spacial score (nSPS) is 17.6. The van der Waals surface area contributed by atoms with Crippen molar-refractivity contribution in [2.24, 2.45) is 16.6 Å². The highest BCUT2D eigenvalue weighted by atomic mass is 16.5. The van der Waals surface area contributed by atoms with Gasteiger partial charge in [-0.3, -0.25) is 9.59 Å². The number of carbonyl (C=O) groups excluding carboxylic acids is 2. The van der Waals surface area contributed by atoms with E-state index in [-0.39, 0.29) is 17.7 Å². The predicted octanol–water partition coefficient (Wildman–Crippen LogP) is 4.10. The van der Waals surface area contributed by atoms with E-state index in [0.717, 1.165) is 33.6 Å². The number of aryl methyl sites for hydroxylation is 1. The van der Waals surface area contributed by atoms with Gasteiger partial charge in [-0.2, -0.15) is 0 Å². The predicted molar refractivity (Wildman–Crippen MR) is 154 cm³/mol. The molecular formula is C31H35N5O3. The molecule has 0 spiro atoms. The molecule has 2 aliphatic rings. The number of hydrogen-bond acceptors (Lipinski definition) is 6. The first kappa shape index (κ1) is 26.4. The maximum Gasteiger partial charge on any atom is 0.289 e. The number of rotatable bonds is 7. The molecule has 3 aromatic carbocycles. The molecular weight excluding hydrogens is 490 g/mol. The summed E-state index contributed by atoms with van der Waals surface area (Å²) in [5.41, 5.74) is 12.0. The molecule has 5 rings (SSSR count). The molecule has 3 aromatic rings. The molecule has 0 aromatic heterocycles. The van der Waals surface area contributed by atoms with Gasteiger partial charge in [-0.15, -0.1) is 0 Å². The number of benzene rings is 3. The Morgan fingerprint density at radius 2 is 1.82 bits per heavy atom. The molecule has 202 valence electrons. The van der Waals surface area contributed by atoms with Crippen LogP contribution in [-0.2, 0) is 27.3 Å². The SMILES string of the molecule is CC(C)C(N)C(=O)N[C@@H]1CCc2ccccc2N(Cc2ccc(-c3ccccc3NC3=NCCO3)cc2)C1=O. The fraction of sp³-hybridized carbons (Fsp3) is 0.323. The molecule has 0 aliphatic carbocycles. The molecule has 2 amide bonds. The third-order valence-corrected chi connectivity index (χ3v) is 7.25. The molecule has 0 fully saturated rings. The zero-order chi connectivity index (χ0) is 27.4. The number of amidine groups is 1. The Hall–Kier alpha value is -4.17. The minimum absolute atomic E-state index is 0.0169. The van der Waals surface area contributed by atoms with Crippen molar-refractivity contribution in [3.8, 4) is 11.1 Å². The average molecular weight is 526 g/mol. The van der Waals surface area contributed by atoms with E-state index in [1.165, 1.54) is 0 Å². The van der Waals surface area contributed by atoms with Crippen LogP contribution in [0.2, 0.25) is 0 Å². The Bertz CT molecular complexity index is 1370. The number of nitrogens with zero attached hydrogens (tertiary/aromatic N) is 2. The number of nitrogens with two attached hydrogens (primary N) is 1. The van der Waals surface area contributed by atoms with E-state index in [1.54, 1.807) is 4.90 Å². The quantitative estimate of drug-likeness (QED) is 0.430. The molecule has 0 radical (unpaired) electrons. The van der Waals surface area contributed by atoms with Gasteiger partial charge in [-0.25, -0.2) is 4.99 Å². The molecule has 8 heteroatoms. The van der Waals surface area contributed by atoms with E-state index in [0.29, 0.717) is 38.6 Å². The topological polar surface area (TPSA) is 109 Å². The van der Waals surface area contributed by atoms with Crippen molar-refractivity contribution in [3.05, 3.63) is 83.9 Å². The summed E-state index contributed by atoms with van der Waals surface area (Å²) in [5, 5.41) is 6.20. The van der Waals surface area contributed by atoms with Crippen LogP contribution in [0.4, 0.5) is 11.4 Å². The van der Waals surface area contributed by atoms with Crippen LogP contribution in [0.15, 0.2) is 77.8 Å². The fourth-order valence-electron chi connectivity index (χ4n) is 4.93. The maximum absolute atomic E-state index is 13.8. The first-order valence-electron chi connectivity index (χ1n) is 13.5. The van der Waals surface area contributed by atoms with Gasteiger partial charge < -0.3 is 26.0 Å². The average Bonchev–Trinajstić information content (AvgIpc) is 3.43. The number of fused-ring (bicyclic) bond motifs is 1. The first-order chi connectivity index (χ1) is 18.9. The maximum atomic E-state index is 13.8. The van der Waals surface area contributed by atoms with E-state index >= 15 is 0 Å². The summed E-state index contributed by atoms with van der Waals surface area (Å²) < 4.78 is 5.53. The Balaban J connectivity index is 1.37. The van der Waals surface area contributed by atoms with Gasteiger partial charge in [0.25, 0.3) is 6.02 Å². The van der Waals surface area contributed by atoms with Gasteiger partial charge in [0.1, 0.15) is 12.6 Å². The second kappa shape index (κ2) is 11.7. The van der Waals surface area contributed by atoms with Gasteiger partial charge in [-0.05, 0) is 47.6 Å². The summed E-state index contributed by atoms with van der Waals surface area (Å²) in [6.07, 6.45) is 1.22. The zero-order valence-electron chi connectivity index (χ0n) is 22.4. The molecule has 2 aliphatic heterocycles. The summed E-state index contributed by atoms with van der Waals surface area (Å²) in [5.74, 6) is -0.434. The lowest BCUT2D eigenvalue weighted by atomic mass is 10.0. The lowest BCUT2D eigenvalue weighted by Crippen LogP contribution is -2.53. The first-order valence-corrected chi connectivity index (χ1v) is 13.5. The largest absolute Gasteiger partial charge is 0.463 e. The van der Waals surface area contributed by atoms with Crippen molar-refractivity contribution in [3.63, 3.8) is 0 Å². The van der Waals surface area contributed by atoms with Crippen LogP contribution >= 0.6 is 0 Å². The number of carbonyl (C=O) groups is 2. The molecule has 2 heterocycles. The minimum Gasteiger partial charge on any atom is -0.463 e. The van der Waals surface area contributed by atoms with Crippen molar-refractivity contribution in [2.75, 3.05) is 23.4 Å². The van der Waals surface area contributed by atoms with Gasteiger partial charge >= 0.3 is 0 Å². The van der Waals surface area contributed by atoms with E-state index < -0.39 is 12.1 Å². The Morgan fingerprint density at radius 3 is 2.56 bits per heavy atom. The molecule has 39 heavy (non-hydrogen) atoms. The van der Waals surface area contributed by atoms with Crippen LogP contribution in [0, 0.1) is 5.92 Å². The van der Waals surface area contributed by atoms with Crippen molar-refractivity contribution in [2.45, 2.75) is 45.3 Å². The fourth-order valence-corrected chi connectivity index (χ4v) is 4.93. The van der Waals surface area contributed by atoms with Crippen LogP contribution < -0.4 is 21.3 Å². The number of anilines is 2. The van der Waals surface area contributed by atoms with Gasteiger partial charge in [0.2, 0.25) is 11.8 Å². The van der Waals surface area contributed by atoms with Crippen molar-refractivity contribution in [1.29, 1.82) is 0 Å². The van der Waals surface area contributed by atoms with E-state index in [1.807, 2.05) is 68.4 Å². The van der Waals surface area contributed by atoms with Crippen LogP contribution in [0.1, 0.15) is 31.4 Å². The molecule has 4 N–H and O–H groups in total. The lowest BCUT2D eigenvalue weighted by Gasteiger charge is -2.27. The number of amides is 2. The van der Waals surface area contributed by atoms with E-state index in [4.69, 9.17) is 10.5 Å². The number of aliphatic imine (C=N–C) groups is 1. The van der Waals surface area contributed by atoms with Crippen molar-refractivity contribution in [1.82, 2.24) is 5.32 Å². The smallest absolute Gasteiger partial charge is 0.289 e. The number of hydrogen-bond donors (Lipinski definition) is 3. The number of ether oxygens (including phenoxy) is 1. The summed E-state index contributed by atoms with van der Waals surface area (Å²) in [6, 6.07) is 23.4. The molecule has 0 bridgehead atoms. The molecule has 2 atom stereocenters. The summed E-state index contributed by atoms with van der Waals surface area (Å²) >= 11 is 0. The molecule has 0 saturated heterocycles. The molecule has 1 unspecified atom stereocenters. The third-order valence-electron chi connectivity index (χ3n) is 7.25. The van der Waals surface area contributed by atoms with Crippen molar-refractivity contribution >= 4 is 29.2 Å². The standard InChI is InChI=1S/C31H35N5O3/c1-20(2)28(32)29(37)34-26-16-15-23-7-3-6-10-27(23)36(30(26)38)19-21-11-13-22(14-12-21)24-8-4-5-9-25(24)35-31-33-17-18-39-31/h3-14,20,26,28H,15-19,32H2,1-2H3,(H,33,35)(H,34,37)/t26-,28?/m1/s1. The van der Waals surface area contributed by atoms with Crippen molar-refractivity contribution < 1.29 is 14.3 Å². The van der Waals surface area contributed by atoms with Crippen LogP contribution in [0.5, 0.6) is 0 Å². The third kappa shape index (κ3) is 5.96. The molecule has 0 saturated carbocycles. The van der Waals surface area contributed by atoms with Gasteiger partial charge in [0, 0.05) is 11.3 Å². The van der Waals surface area contributed by atoms with Gasteiger partial charge in [0.05, 0.1) is 24.8 Å². The second-order valence-electron chi connectivity index (χ2n) is 10.3. The highest BCUT2D eigenvalue weighted by molar-refractivity contribution is 6.01. The second-order valence-corrected chi connectivity index (χ2v) is 10.3. The Labute approximate surface area is 229 Å². The highest BCUT2D eigenvalue weighted by Gasteiger charge is 2.32. The highest BCUT2D eigenvalue weighted by Crippen LogP contribution is 2.31. The summed E-state index contributed by atoms with van der Waals surface area (Å²) in [7, 11) is 0. The Morgan fingerprint density at radius 1 is 1.08 bits per heavy atom. The summed E-state index contributed by atoms with van der Waals surface area (Å²) in [4.78, 5) is 32.6. The van der Waals surface area contributed by atoms with Gasteiger partial charge in [-0.1, -0.05) is 74.5 Å². The van der Waals surface area contributed by atoms with E-state index in [9.17, 15) is 9.59 Å². The van der Waals surface area contributed by atoms with Crippen LogP contribution in [-0.4, -0.2) is 43.1 Å².